The minimum Gasteiger partial charge on any atom is -0.374 e. The van der Waals surface area contributed by atoms with E-state index in [0.29, 0.717) is 12.7 Å². The van der Waals surface area contributed by atoms with Gasteiger partial charge in [0.2, 0.25) is 0 Å². The van der Waals surface area contributed by atoms with Crippen LogP contribution in [0, 0.1) is 0 Å². The third-order valence-corrected chi connectivity index (χ3v) is 3.56. The Morgan fingerprint density at radius 1 is 1.50 bits per heavy atom. The van der Waals surface area contributed by atoms with Gasteiger partial charge in [-0.25, -0.2) is 0 Å². The van der Waals surface area contributed by atoms with Crippen molar-refractivity contribution in [3.8, 4) is 0 Å². The Morgan fingerprint density at radius 3 is 2.33 bits per heavy atom. The van der Waals surface area contributed by atoms with Gasteiger partial charge in [-0.1, -0.05) is 12.2 Å². The average Bonchev–Trinajstić information content (AvgIpc) is 1.79. The number of hydrogen-bond acceptors (Lipinski definition) is 1. The van der Waals surface area contributed by atoms with Crippen LogP contribution in [0.15, 0.2) is 12.2 Å². The van der Waals surface area contributed by atoms with Crippen molar-refractivity contribution in [3.63, 3.8) is 0 Å². The molecule has 0 spiro atoms. The van der Waals surface area contributed by atoms with Gasteiger partial charge >= 0.3 is 6.00 Å². The second kappa shape index (κ2) is 5.50. The summed E-state index contributed by atoms with van der Waals surface area (Å²) in [6, 6.07) is -2.00. The van der Waals surface area contributed by atoms with Crippen LogP contribution in [-0.2, 0) is 4.74 Å². The highest BCUT2D eigenvalue weighted by Gasteiger charge is 2.27. The maximum absolute atomic E-state index is 5.71. The Labute approximate surface area is 88.8 Å². The van der Waals surface area contributed by atoms with Crippen LogP contribution in [0.25, 0.3) is 0 Å². The van der Waals surface area contributed by atoms with Gasteiger partial charge < -0.3 is 4.74 Å². The van der Waals surface area contributed by atoms with E-state index in [1.807, 2.05) is 13.8 Å². The number of ether oxygens (including phenoxy) is 1. The molecule has 1 atom stereocenters. The molecule has 0 saturated carbocycles. The molecule has 0 heterocycles. The Balaban J connectivity index is 3.60. The molecule has 0 aliphatic rings. The third-order valence-electron chi connectivity index (χ3n) is 1.13. The minimum atomic E-state index is -2.53. The summed E-state index contributed by atoms with van der Waals surface area (Å²) in [7, 11) is 0. The van der Waals surface area contributed by atoms with Crippen molar-refractivity contribution < 1.29 is 4.74 Å². The molecule has 0 bridgehead atoms. The predicted molar refractivity (Wildman–Crippen MR) is 58.3 cm³/mol. The van der Waals surface area contributed by atoms with E-state index >= 15 is 0 Å². The number of halogens is 3. The summed E-state index contributed by atoms with van der Waals surface area (Å²) in [5.74, 6) is 0. The van der Waals surface area contributed by atoms with E-state index in [1.165, 1.54) is 0 Å². The van der Waals surface area contributed by atoms with E-state index in [4.69, 9.17) is 38.0 Å². The summed E-state index contributed by atoms with van der Waals surface area (Å²) >= 11 is 17.1. The first-order valence-corrected chi connectivity index (χ1v) is 8.88. The second-order valence-electron chi connectivity index (χ2n) is 2.90. The number of hydrogen-bond donors (Lipinski definition) is 0. The van der Waals surface area contributed by atoms with Gasteiger partial charge in [0.15, 0.2) is 0 Å². The van der Waals surface area contributed by atoms with Crippen LogP contribution >= 0.6 is 33.2 Å². The van der Waals surface area contributed by atoms with E-state index < -0.39 is 6.00 Å². The van der Waals surface area contributed by atoms with Gasteiger partial charge in [0.25, 0.3) is 0 Å². The van der Waals surface area contributed by atoms with Crippen molar-refractivity contribution in [1.29, 1.82) is 0 Å². The first kappa shape index (κ1) is 12.8. The zero-order valence-corrected chi connectivity index (χ0v) is 10.5. The van der Waals surface area contributed by atoms with Crippen molar-refractivity contribution in [3.05, 3.63) is 12.2 Å². The summed E-state index contributed by atoms with van der Waals surface area (Å²) < 4.78 is 5.36. The van der Waals surface area contributed by atoms with E-state index in [0.717, 1.165) is 5.57 Å². The molecule has 0 fully saturated rings. The second-order valence-corrected chi connectivity index (χ2v) is 12.1. The highest BCUT2D eigenvalue weighted by Crippen LogP contribution is 2.27. The number of rotatable bonds is 5. The molecular weight excluding hydrogens is 235 g/mol. The molecule has 0 aromatic carbocycles. The average molecular weight is 248 g/mol. The fourth-order valence-electron chi connectivity index (χ4n) is 0.669. The van der Waals surface area contributed by atoms with E-state index in [-0.39, 0.29) is 6.10 Å². The van der Waals surface area contributed by atoms with Crippen molar-refractivity contribution in [2.24, 2.45) is 0 Å². The molecular formula is C7H13Cl3OSi. The first-order valence-electron chi connectivity index (χ1n) is 3.64. The van der Waals surface area contributed by atoms with Crippen LogP contribution in [0.2, 0.25) is 6.04 Å². The smallest absolute Gasteiger partial charge is 0.343 e. The molecule has 0 N–H and O–H groups in total. The Hall–Kier alpha value is 0.787. The topological polar surface area (TPSA) is 9.23 Å². The lowest BCUT2D eigenvalue weighted by Crippen LogP contribution is -2.20. The summed E-state index contributed by atoms with van der Waals surface area (Å²) in [5.41, 5.74) is 0.979. The zero-order valence-electron chi connectivity index (χ0n) is 7.24. The first-order chi connectivity index (χ1) is 5.31. The highest BCUT2D eigenvalue weighted by molar-refractivity contribution is 7.64. The van der Waals surface area contributed by atoms with Gasteiger partial charge in [0, 0.05) is 6.04 Å². The fourth-order valence-corrected chi connectivity index (χ4v) is 3.39. The van der Waals surface area contributed by atoms with Gasteiger partial charge in [-0.2, -0.15) is 0 Å². The lowest BCUT2D eigenvalue weighted by molar-refractivity contribution is 0.0974. The molecule has 12 heavy (non-hydrogen) atoms. The molecule has 0 amide bonds. The van der Waals surface area contributed by atoms with Crippen LogP contribution in [0.4, 0.5) is 0 Å². The molecule has 0 aromatic rings. The van der Waals surface area contributed by atoms with Crippen molar-refractivity contribution >= 4 is 39.2 Å². The molecule has 0 rings (SSSR count). The molecule has 72 valence electrons. The van der Waals surface area contributed by atoms with Crippen LogP contribution in [0.3, 0.4) is 0 Å². The molecule has 0 aromatic heterocycles. The van der Waals surface area contributed by atoms with Crippen LogP contribution in [0.1, 0.15) is 13.8 Å². The molecule has 0 aliphatic carbocycles. The lowest BCUT2D eigenvalue weighted by atomic mass is 10.4. The normalized spacial score (nSPS) is 14.4. The van der Waals surface area contributed by atoms with Crippen LogP contribution in [0.5, 0.6) is 0 Å². The van der Waals surface area contributed by atoms with Gasteiger partial charge in [-0.15, -0.1) is 33.2 Å². The Kier molecular flexibility index (Phi) is 5.86. The summed E-state index contributed by atoms with van der Waals surface area (Å²) in [6.45, 7) is 8.05. The molecule has 0 saturated heterocycles. The quantitative estimate of drug-likeness (QED) is 0.410. The predicted octanol–water partition coefficient (Wildman–Crippen LogP) is 3.62. The summed E-state index contributed by atoms with van der Waals surface area (Å²) in [6.07, 6.45) is 0.000802. The maximum Gasteiger partial charge on any atom is 0.343 e. The summed E-state index contributed by atoms with van der Waals surface area (Å²) in [5, 5.41) is 0. The SMILES string of the molecule is C=C(C)COC(C)C[Si](Cl)(Cl)Cl. The monoisotopic (exact) mass is 246 g/mol. The maximum atomic E-state index is 5.71. The Morgan fingerprint density at radius 2 is 2.00 bits per heavy atom. The van der Waals surface area contributed by atoms with Gasteiger partial charge in [0.1, 0.15) is 0 Å². The van der Waals surface area contributed by atoms with E-state index in [1.54, 1.807) is 0 Å². The minimum absolute atomic E-state index is 0.000802. The molecule has 5 heteroatoms. The van der Waals surface area contributed by atoms with E-state index in [9.17, 15) is 0 Å². The van der Waals surface area contributed by atoms with Gasteiger partial charge in [-0.3, -0.25) is 0 Å². The largest absolute Gasteiger partial charge is 0.374 e. The highest BCUT2D eigenvalue weighted by atomic mass is 35.8. The fraction of sp³-hybridized carbons (Fsp3) is 0.714. The zero-order chi connectivity index (χ0) is 9.78. The molecule has 1 nitrogen and oxygen atoms in total. The molecule has 0 aliphatic heterocycles. The van der Waals surface area contributed by atoms with Crippen molar-refractivity contribution in [2.45, 2.75) is 26.0 Å². The lowest BCUT2D eigenvalue weighted by Gasteiger charge is -2.15. The summed E-state index contributed by atoms with van der Waals surface area (Å²) in [4.78, 5) is 0. The van der Waals surface area contributed by atoms with Crippen molar-refractivity contribution in [1.82, 2.24) is 0 Å². The Bertz CT molecular complexity index is 155. The van der Waals surface area contributed by atoms with Gasteiger partial charge in [-0.05, 0) is 13.8 Å². The molecule has 0 radical (unpaired) electrons. The standard InChI is InChI=1S/C7H13Cl3OSi/c1-6(2)4-11-7(3)5-12(8,9)10/h7H,1,4-5H2,2-3H3. The van der Waals surface area contributed by atoms with E-state index in [2.05, 4.69) is 6.58 Å². The van der Waals surface area contributed by atoms with Crippen molar-refractivity contribution in [2.75, 3.05) is 6.61 Å². The van der Waals surface area contributed by atoms with Gasteiger partial charge in [0.05, 0.1) is 12.7 Å². The third kappa shape index (κ3) is 8.88. The van der Waals surface area contributed by atoms with Crippen LogP contribution < -0.4 is 0 Å². The molecule has 1 unspecified atom stereocenters. The van der Waals surface area contributed by atoms with Crippen LogP contribution in [-0.4, -0.2) is 18.7 Å².